The van der Waals surface area contributed by atoms with Gasteiger partial charge >= 0.3 is 0 Å². The number of aromatic hydroxyl groups is 2. The summed E-state index contributed by atoms with van der Waals surface area (Å²) in [6.45, 7) is 0.822. The summed E-state index contributed by atoms with van der Waals surface area (Å²) in [6.07, 6.45) is 3.10. The number of halogens is 1. The maximum atomic E-state index is 14.6. The molecule has 0 aliphatic heterocycles. The number of rotatable bonds is 9. The standard InChI is InChI=1S/C29H27FN4O3/c30-23-15-20(7-12-27(23)37-14-4-13-31)17-25-29(36)34-18-26(21-8-10-22(35)11-9-21)32-24(28(34)33-25)16-19-5-2-1-3-6-19/h1-3,5-12,15,18,35-36H,4,13-14,16-17,31H2. The van der Waals surface area contributed by atoms with Crippen LogP contribution >= 0.6 is 0 Å². The molecule has 0 spiro atoms. The molecule has 4 N–H and O–H groups in total. The van der Waals surface area contributed by atoms with E-state index in [0.717, 1.165) is 11.1 Å². The van der Waals surface area contributed by atoms with Gasteiger partial charge in [-0.25, -0.2) is 14.4 Å². The van der Waals surface area contributed by atoms with E-state index in [2.05, 4.69) is 0 Å². The highest BCUT2D eigenvalue weighted by Crippen LogP contribution is 2.29. The quantitative estimate of drug-likeness (QED) is 0.251. The summed E-state index contributed by atoms with van der Waals surface area (Å²) in [5.41, 5.74) is 10.2. The lowest BCUT2D eigenvalue weighted by molar-refractivity contribution is 0.297. The zero-order valence-electron chi connectivity index (χ0n) is 20.1. The summed E-state index contributed by atoms with van der Waals surface area (Å²) in [7, 11) is 0. The highest BCUT2D eigenvalue weighted by Gasteiger charge is 2.18. The Hall–Kier alpha value is -4.43. The molecule has 188 valence electrons. The van der Waals surface area contributed by atoms with Crippen molar-refractivity contribution in [3.05, 3.63) is 107 Å². The lowest BCUT2D eigenvalue weighted by atomic mass is 10.1. The molecule has 0 fully saturated rings. The first-order valence-electron chi connectivity index (χ1n) is 12.1. The van der Waals surface area contributed by atoms with Crippen molar-refractivity contribution in [1.82, 2.24) is 14.4 Å². The monoisotopic (exact) mass is 498 g/mol. The van der Waals surface area contributed by atoms with E-state index in [0.29, 0.717) is 54.3 Å². The molecule has 0 unspecified atom stereocenters. The van der Waals surface area contributed by atoms with Crippen LogP contribution in [-0.4, -0.2) is 37.7 Å². The van der Waals surface area contributed by atoms with E-state index in [1.807, 2.05) is 30.3 Å². The van der Waals surface area contributed by atoms with Crippen molar-refractivity contribution in [2.45, 2.75) is 19.3 Å². The molecular weight excluding hydrogens is 471 g/mol. The molecule has 2 aromatic heterocycles. The van der Waals surface area contributed by atoms with Gasteiger partial charge in [0.25, 0.3) is 0 Å². The van der Waals surface area contributed by atoms with Crippen LogP contribution in [0.25, 0.3) is 16.9 Å². The minimum absolute atomic E-state index is 0.0320. The van der Waals surface area contributed by atoms with Crippen molar-refractivity contribution in [3.8, 4) is 28.6 Å². The molecule has 0 bridgehead atoms. The summed E-state index contributed by atoms with van der Waals surface area (Å²) in [6, 6.07) is 21.3. The second-order valence-electron chi connectivity index (χ2n) is 8.79. The van der Waals surface area contributed by atoms with Gasteiger partial charge < -0.3 is 20.7 Å². The topological polar surface area (TPSA) is 106 Å². The van der Waals surface area contributed by atoms with Gasteiger partial charge in [0, 0.05) is 24.6 Å². The molecule has 0 atom stereocenters. The van der Waals surface area contributed by atoms with Gasteiger partial charge in [0.2, 0.25) is 5.88 Å². The third-order valence-electron chi connectivity index (χ3n) is 6.07. The second-order valence-corrected chi connectivity index (χ2v) is 8.79. The van der Waals surface area contributed by atoms with Gasteiger partial charge in [0.1, 0.15) is 11.4 Å². The number of phenolic OH excluding ortho intramolecular Hbond substituents is 1. The van der Waals surface area contributed by atoms with Crippen LogP contribution in [0.3, 0.4) is 0 Å². The van der Waals surface area contributed by atoms with E-state index in [9.17, 15) is 14.6 Å². The van der Waals surface area contributed by atoms with Crippen LogP contribution in [0, 0.1) is 5.82 Å². The third kappa shape index (κ3) is 5.39. The Labute approximate surface area is 213 Å². The summed E-state index contributed by atoms with van der Waals surface area (Å²) < 4.78 is 21.6. The number of hydrogen-bond donors (Lipinski definition) is 3. The van der Waals surface area contributed by atoms with Gasteiger partial charge in [-0.2, -0.15) is 0 Å². The van der Waals surface area contributed by atoms with Crippen LogP contribution in [-0.2, 0) is 12.8 Å². The average molecular weight is 499 g/mol. The number of imidazole rings is 1. The van der Waals surface area contributed by atoms with Gasteiger partial charge in [0.05, 0.1) is 18.0 Å². The molecule has 3 aromatic carbocycles. The first-order chi connectivity index (χ1) is 18.0. The Balaban J connectivity index is 1.52. The molecule has 37 heavy (non-hydrogen) atoms. The Morgan fingerprint density at radius 1 is 0.865 bits per heavy atom. The SMILES string of the molecule is NCCCOc1ccc(Cc2nc3c(Cc4ccccc4)nc(-c4ccc(O)cc4)cn3c2O)cc1F. The van der Waals surface area contributed by atoms with Gasteiger partial charge in [0.15, 0.2) is 17.2 Å². The number of fused-ring (bicyclic) bond motifs is 1. The second kappa shape index (κ2) is 10.7. The van der Waals surface area contributed by atoms with E-state index in [1.165, 1.54) is 6.07 Å². The minimum atomic E-state index is -0.473. The predicted molar refractivity (Wildman–Crippen MR) is 139 cm³/mol. The van der Waals surface area contributed by atoms with Gasteiger partial charge in [-0.05, 0) is 60.5 Å². The highest BCUT2D eigenvalue weighted by atomic mass is 19.1. The molecule has 0 radical (unpaired) electrons. The highest BCUT2D eigenvalue weighted by molar-refractivity contribution is 5.64. The van der Waals surface area contributed by atoms with Crippen molar-refractivity contribution in [1.29, 1.82) is 0 Å². The van der Waals surface area contributed by atoms with Gasteiger partial charge in [-0.3, -0.25) is 4.40 Å². The molecule has 8 heteroatoms. The van der Waals surface area contributed by atoms with Crippen LogP contribution < -0.4 is 10.5 Å². The predicted octanol–water partition coefficient (Wildman–Crippen LogP) is 4.86. The number of hydrogen-bond acceptors (Lipinski definition) is 6. The van der Waals surface area contributed by atoms with Crippen molar-refractivity contribution >= 4 is 5.65 Å². The van der Waals surface area contributed by atoms with Crippen LogP contribution in [0.1, 0.15) is 28.9 Å². The number of aromatic nitrogens is 3. The third-order valence-corrected chi connectivity index (χ3v) is 6.07. The zero-order chi connectivity index (χ0) is 25.8. The first-order valence-corrected chi connectivity index (χ1v) is 12.1. The molecular formula is C29H27FN4O3. The van der Waals surface area contributed by atoms with E-state index >= 15 is 0 Å². The van der Waals surface area contributed by atoms with Gasteiger partial charge in [-0.15, -0.1) is 0 Å². The molecule has 0 saturated heterocycles. The van der Waals surface area contributed by atoms with E-state index in [-0.39, 0.29) is 23.8 Å². The Morgan fingerprint density at radius 3 is 2.35 bits per heavy atom. The number of benzene rings is 3. The molecule has 2 heterocycles. The Morgan fingerprint density at radius 2 is 1.62 bits per heavy atom. The number of ether oxygens (including phenoxy) is 1. The van der Waals surface area contributed by atoms with Crippen LogP contribution in [0.5, 0.6) is 17.4 Å². The van der Waals surface area contributed by atoms with E-state index in [4.69, 9.17) is 20.4 Å². The lowest BCUT2D eigenvalue weighted by Crippen LogP contribution is -2.07. The Kier molecular flexibility index (Phi) is 7.00. The fourth-order valence-corrected chi connectivity index (χ4v) is 4.17. The number of nitrogens with zero attached hydrogens (tertiary/aromatic N) is 3. The number of phenols is 1. The molecule has 0 amide bonds. The van der Waals surface area contributed by atoms with Crippen molar-refractivity contribution in [2.75, 3.05) is 13.2 Å². The average Bonchev–Trinajstić information content (AvgIpc) is 3.22. The van der Waals surface area contributed by atoms with Crippen molar-refractivity contribution in [3.63, 3.8) is 0 Å². The molecule has 5 rings (SSSR count). The maximum Gasteiger partial charge on any atom is 0.219 e. The summed E-state index contributed by atoms with van der Waals surface area (Å²) in [5, 5.41) is 20.8. The van der Waals surface area contributed by atoms with Gasteiger partial charge in [-0.1, -0.05) is 36.4 Å². The molecule has 0 saturated carbocycles. The summed E-state index contributed by atoms with van der Waals surface area (Å²) in [4.78, 5) is 9.57. The van der Waals surface area contributed by atoms with E-state index in [1.54, 1.807) is 47.0 Å². The van der Waals surface area contributed by atoms with Crippen LogP contribution in [0.2, 0.25) is 0 Å². The minimum Gasteiger partial charge on any atom is -0.508 e. The molecule has 5 aromatic rings. The molecule has 0 aliphatic carbocycles. The smallest absolute Gasteiger partial charge is 0.219 e. The van der Waals surface area contributed by atoms with Crippen molar-refractivity contribution in [2.24, 2.45) is 5.73 Å². The first kappa shape index (κ1) is 24.3. The fraction of sp³-hybridized carbons (Fsp3) is 0.172. The lowest BCUT2D eigenvalue weighted by Gasteiger charge is -2.09. The molecule has 7 nitrogen and oxygen atoms in total. The zero-order valence-corrected chi connectivity index (χ0v) is 20.1. The molecule has 0 aliphatic rings. The fourth-order valence-electron chi connectivity index (χ4n) is 4.17. The largest absolute Gasteiger partial charge is 0.508 e. The number of nitrogens with two attached hydrogens (primary N) is 1. The maximum absolute atomic E-state index is 14.6. The van der Waals surface area contributed by atoms with Crippen LogP contribution in [0.4, 0.5) is 4.39 Å². The summed E-state index contributed by atoms with van der Waals surface area (Å²) >= 11 is 0. The van der Waals surface area contributed by atoms with Crippen molar-refractivity contribution < 1.29 is 19.3 Å². The van der Waals surface area contributed by atoms with E-state index < -0.39 is 5.82 Å². The van der Waals surface area contributed by atoms with Crippen LogP contribution in [0.15, 0.2) is 79.0 Å². The summed E-state index contributed by atoms with van der Waals surface area (Å²) in [5.74, 6) is -0.177. The normalized spacial score (nSPS) is 11.2. The Bertz CT molecular complexity index is 1520.